The number of aromatic nitrogens is 1. The zero-order valence-electron chi connectivity index (χ0n) is 12.3. The quantitative estimate of drug-likeness (QED) is 0.843. The summed E-state index contributed by atoms with van der Waals surface area (Å²) in [5.74, 6) is -0.280. The highest BCUT2D eigenvalue weighted by Gasteiger charge is 2.15. The van der Waals surface area contributed by atoms with Crippen molar-refractivity contribution >= 4 is 32.4 Å². The molecule has 0 aliphatic rings. The standard InChI is InChI=1S/C14H17N3O3S2/c1-10-3-4-12(9-11(10)2)22(19,20)16-6-5-13(18)17-14-15-7-8-21-14/h3-4,7-9,16H,5-6H2,1-2H3,(H,15,17,18). The molecule has 1 aromatic carbocycles. The molecule has 0 saturated carbocycles. The number of carbonyl (C=O) groups excluding carboxylic acids is 1. The molecule has 8 heteroatoms. The van der Waals surface area contributed by atoms with Gasteiger partial charge in [-0.05, 0) is 37.1 Å². The fraction of sp³-hybridized carbons (Fsp3) is 0.286. The van der Waals surface area contributed by atoms with E-state index in [1.165, 1.54) is 11.3 Å². The van der Waals surface area contributed by atoms with Crippen molar-refractivity contribution in [2.24, 2.45) is 0 Å². The number of anilines is 1. The number of benzene rings is 1. The van der Waals surface area contributed by atoms with Crippen LogP contribution in [-0.4, -0.2) is 25.9 Å². The predicted octanol–water partition coefficient (Wildman–Crippen LogP) is 2.07. The maximum atomic E-state index is 12.1. The van der Waals surface area contributed by atoms with Crippen molar-refractivity contribution in [3.63, 3.8) is 0 Å². The van der Waals surface area contributed by atoms with Gasteiger partial charge in [0.25, 0.3) is 0 Å². The molecule has 0 saturated heterocycles. The molecular formula is C14H17N3O3S2. The van der Waals surface area contributed by atoms with Crippen molar-refractivity contribution in [1.82, 2.24) is 9.71 Å². The summed E-state index contributed by atoms with van der Waals surface area (Å²) in [6, 6.07) is 4.94. The summed E-state index contributed by atoms with van der Waals surface area (Å²) in [6.45, 7) is 3.81. The maximum Gasteiger partial charge on any atom is 0.240 e. The number of rotatable bonds is 6. The van der Waals surface area contributed by atoms with Gasteiger partial charge in [-0.1, -0.05) is 6.07 Å². The molecule has 118 valence electrons. The number of thiazole rings is 1. The molecule has 0 aliphatic carbocycles. The summed E-state index contributed by atoms with van der Waals surface area (Å²) in [5.41, 5.74) is 1.94. The fourth-order valence-corrected chi connectivity index (χ4v) is 3.39. The van der Waals surface area contributed by atoms with Gasteiger partial charge in [-0.2, -0.15) is 0 Å². The van der Waals surface area contributed by atoms with Crippen LogP contribution in [0.3, 0.4) is 0 Å². The van der Waals surface area contributed by atoms with E-state index in [0.29, 0.717) is 5.13 Å². The minimum Gasteiger partial charge on any atom is -0.302 e. The average Bonchev–Trinajstić information content (AvgIpc) is 2.94. The van der Waals surface area contributed by atoms with Gasteiger partial charge in [-0.15, -0.1) is 11.3 Å². The van der Waals surface area contributed by atoms with Gasteiger partial charge in [0.15, 0.2) is 5.13 Å². The van der Waals surface area contributed by atoms with E-state index in [1.807, 2.05) is 13.8 Å². The zero-order chi connectivity index (χ0) is 16.2. The average molecular weight is 339 g/mol. The normalized spacial score (nSPS) is 11.4. The predicted molar refractivity (Wildman–Crippen MR) is 86.5 cm³/mol. The summed E-state index contributed by atoms with van der Waals surface area (Å²) in [4.78, 5) is 15.8. The third kappa shape index (κ3) is 4.36. The fourth-order valence-electron chi connectivity index (χ4n) is 1.73. The van der Waals surface area contributed by atoms with Crippen LogP contribution in [-0.2, 0) is 14.8 Å². The highest BCUT2D eigenvalue weighted by Crippen LogP contribution is 2.14. The van der Waals surface area contributed by atoms with Crippen molar-refractivity contribution in [2.75, 3.05) is 11.9 Å². The Morgan fingerprint density at radius 1 is 1.27 bits per heavy atom. The summed E-state index contributed by atoms with van der Waals surface area (Å²) in [7, 11) is -3.60. The summed E-state index contributed by atoms with van der Waals surface area (Å²) in [5, 5.41) is 4.85. The number of nitrogens with zero attached hydrogens (tertiary/aromatic N) is 1. The molecule has 2 rings (SSSR count). The van der Waals surface area contributed by atoms with Crippen molar-refractivity contribution in [3.05, 3.63) is 40.9 Å². The number of amides is 1. The molecule has 0 aliphatic heterocycles. The van der Waals surface area contributed by atoms with E-state index in [2.05, 4.69) is 15.0 Å². The minimum absolute atomic E-state index is 0.0342. The Morgan fingerprint density at radius 2 is 2.05 bits per heavy atom. The van der Waals surface area contributed by atoms with Gasteiger partial charge in [-0.25, -0.2) is 18.1 Å². The highest BCUT2D eigenvalue weighted by molar-refractivity contribution is 7.89. The highest BCUT2D eigenvalue weighted by atomic mass is 32.2. The third-order valence-electron chi connectivity index (χ3n) is 3.11. The van der Waals surface area contributed by atoms with Gasteiger partial charge in [0, 0.05) is 24.5 Å². The number of sulfonamides is 1. The van der Waals surface area contributed by atoms with E-state index in [4.69, 9.17) is 0 Å². The van der Waals surface area contributed by atoms with Gasteiger partial charge in [0.05, 0.1) is 4.90 Å². The van der Waals surface area contributed by atoms with Crippen LogP contribution in [0.2, 0.25) is 0 Å². The van der Waals surface area contributed by atoms with E-state index in [9.17, 15) is 13.2 Å². The largest absolute Gasteiger partial charge is 0.302 e. The number of nitrogens with one attached hydrogen (secondary N) is 2. The van der Waals surface area contributed by atoms with E-state index in [-0.39, 0.29) is 23.8 Å². The van der Waals surface area contributed by atoms with Crippen LogP contribution in [0.15, 0.2) is 34.7 Å². The van der Waals surface area contributed by atoms with Crippen LogP contribution in [0, 0.1) is 13.8 Å². The molecule has 2 N–H and O–H groups in total. The molecule has 2 aromatic rings. The van der Waals surface area contributed by atoms with Gasteiger partial charge < -0.3 is 5.32 Å². The van der Waals surface area contributed by atoms with Gasteiger partial charge in [0.1, 0.15) is 0 Å². The number of carbonyl (C=O) groups is 1. The van der Waals surface area contributed by atoms with Crippen LogP contribution in [0.1, 0.15) is 17.5 Å². The summed E-state index contributed by atoms with van der Waals surface area (Å²) >= 11 is 1.31. The molecule has 1 amide bonds. The van der Waals surface area contributed by atoms with Crippen LogP contribution in [0.25, 0.3) is 0 Å². The summed E-state index contributed by atoms with van der Waals surface area (Å²) < 4.78 is 26.7. The first-order chi connectivity index (χ1) is 10.4. The van der Waals surface area contributed by atoms with Crippen molar-refractivity contribution in [1.29, 1.82) is 0 Å². The van der Waals surface area contributed by atoms with E-state index in [1.54, 1.807) is 29.8 Å². The van der Waals surface area contributed by atoms with Gasteiger partial charge in [0.2, 0.25) is 15.9 Å². The van der Waals surface area contributed by atoms with Gasteiger partial charge in [-0.3, -0.25) is 4.79 Å². The lowest BCUT2D eigenvalue weighted by atomic mass is 10.1. The van der Waals surface area contributed by atoms with Crippen molar-refractivity contribution in [3.8, 4) is 0 Å². The molecule has 22 heavy (non-hydrogen) atoms. The van der Waals surface area contributed by atoms with E-state index >= 15 is 0 Å². The lowest BCUT2D eigenvalue weighted by Crippen LogP contribution is -2.28. The van der Waals surface area contributed by atoms with Crippen LogP contribution in [0.5, 0.6) is 0 Å². The van der Waals surface area contributed by atoms with Crippen molar-refractivity contribution in [2.45, 2.75) is 25.2 Å². The first-order valence-electron chi connectivity index (χ1n) is 6.65. The Balaban J connectivity index is 1.89. The molecule has 0 radical (unpaired) electrons. The molecule has 0 bridgehead atoms. The Labute approximate surface area is 133 Å². The van der Waals surface area contributed by atoms with Crippen molar-refractivity contribution < 1.29 is 13.2 Å². The second-order valence-electron chi connectivity index (χ2n) is 4.78. The first-order valence-corrected chi connectivity index (χ1v) is 9.01. The smallest absolute Gasteiger partial charge is 0.240 e. The molecule has 6 nitrogen and oxygen atoms in total. The second kappa shape index (κ2) is 6.99. The Kier molecular flexibility index (Phi) is 5.28. The molecule has 0 unspecified atom stereocenters. The Morgan fingerprint density at radius 3 is 2.68 bits per heavy atom. The van der Waals surface area contributed by atoms with E-state index in [0.717, 1.165) is 11.1 Å². The molecule has 0 atom stereocenters. The van der Waals surface area contributed by atoms with Crippen LogP contribution in [0.4, 0.5) is 5.13 Å². The SMILES string of the molecule is Cc1ccc(S(=O)(=O)NCCC(=O)Nc2nccs2)cc1C. The number of hydrogen-bond donors (Lipinski definition) is 2. The van der Waals surface area contributed by atoms with Crippen LogP contribution < -0.4 is 10.0 Å². The molecule has 0 spiro atoms. The first kappa shape index (κ1) is 16.6. The molecule has 1 aromatic heterocycles. The number of hydrogen-bond acceptors (Lipinski definition) is 5. The van der Waals surface area contributed by atoms with Gasteiger partial charge >= 0.3 is 0 Å². The van der Waals surface area contributed by atoms with E-state index < -0.39 is 10.0 Å². The lowest BCUT2D eigenvalue weighted by Gasteiger charge is -2.08. The Bertz CT molecular complexity index is 756. The molecule has 0 fully saturated rings. The minimum atomic E-state index is -3.60. The van der Waals surface area contributed by atoms with Crippen LogP contribution >= 0.6 is 11.3 Å². The zero-order valence-corrected chi connectivity index (χ0v) is 13.9. The maximum absolute atomic E-state index is 12.1. The topological polar surface area (TPSA) is 88.2 Å². The number of aryl methyl sites for hydroxylation is 2. The third-order valence-corrected chi connectivity index (χ3v) is 5.26. The lowest BCUT2D eigenvalue weighted by molar-refractivity contribution is -0.116. The Hall–Kier alpha value is -1.77. The molecule has 1 heterocycles. The summed E-state index contributed by atoms with van der Waals surface area (Å²) in [6.07, 6.45) is 1.63. The molecular weight excluding hydrogens is 322 g/mol. The second-order valence-corrected chi connectivity index (χ2v) is 7.44. The monoisotopic (exact) mass is 339 g/mol.